The standard InChI is InChI=1S/C20H18N4O4S2/c1-11-6-7-12(10-11)22-24-14-8-9-29-18(14)17(25)16(20(24)26)19-21-13-4-2-3-5-15(13)30(27,28)23-19/h2-5,8-9,11,25H,6-7,10H2,1H3,(H,21,23)/t11-/m0/s1. The second-order valence-electron chi connectivity index (χ2n) is 7.53. The zero-order valence-corrected chi connectivity index (χ0v) is 17.6. The molecule has 1 aromatic carbocycles. The number of sulfonamides is 1. The number of nitrogens with one attached hydrogen (secondary N) is 1. The molecule has 0 unspecified atom stereocenters. The maximum atomic E-state index is 13.4. The number of amidine groups is 1. The van der Waals surface area contributed by atoms with Gasteiger partial charge in [-0.2, -0.15) is 18.2 Å². The summed E-state index contributed by atoms with van der Waals surface area (Å²) in [6.45, 7) is 2.14. The number of rotatable bonds is 2. The monoisotopic (exact) mass is 442 g/mol. The second-order valence-corrected chi connectivity index (χ2v) is 10.0. The molecule has 154 valence electrons. The third-order valence-electron chi connectivity index (χ3n) is 5.35. The Labute approximate surface area is 176 Å². The normalized spacial score (nSPS) is 21.4. The largest absolute Gasteiger partial charge is 0.505 e. The first kappa shape index (κ1) is 19.0. The number of para-hydroxylation sites is 1. The van der Waals surface area contributed by atoms with E-state index in [9.17, 15) is 18.3 Å². The Balaban J connectivity index is 1.75. The van der Waals surface area contributed by atoms with E-state index >= 15 is 0 Å². The van der Waals surface area contributed by atoms with Crippen molar-refractivity contribution in [3.8, 4) is 5.75 Å². The fourth-order valence-corrected chi connectivity index (χ4v) is 5.81. The van der Waals surface area contributed by atoms with Crippen molar-refractivity contribution in [2.24, 2.45) is 15.4 Å². The predicted molar refractivity (Wildman–Crippen MR) is 117 cm³/mol. The summed E-state index contributed by atoms with van der Waals surface area (Å²) in [5.74, 6) is -0.0117. The molecule has 5 rings (SSSR count). The Bertz CT molecular complexity index is 1420. The number of nitrogens with zero attached hydrogens (tertiary/aromatic N) is 3. The molecule has 0 amide bonds. The minimum atomic E-state index is -4.02. The van der Waals surface area contributed by atoms with Crippen LogP contribution in [0, 0.1) is 5.92 Å². The lowest BCUT2D eigenvalue weighted by molar-refractivity contribution is 0.479. The van der Waals surface area contributed by atoms with Crippen molar-refractivity contribution in [2.45, 2.75) is 31.1 Å². The van der Waals surface area contributed by atoms with Gasteiger partial charge in [0.25, 0.3) is 15.6 Å². The van der Waals surface area contributed by atoms with Gasteiger partial charge in [0.2, 0.25) is 0 Å². The van der Waals surface area contributed by atoms with Crippen molar-refractivity contribution in [3.63, 3.8) is 0 Å². The molecule has 0 saturated heterocycles. The fourth-order valence-electron chi connectivity index (χ4n) is 3.86. The lowest BCUT2D eigenvalue weighted by Gasteiger charge is -2.19. The SMILES string of the molecule is C[C@H]1CCC(=Nn2c(=O)c(C3=NS(=O)(=O)c4ccccc4N3)c(O)c3sccc32)C1. The summed E-state index contributed by atoms with van der Waals surface area (Å²) < 4.78 is 30.8. The predicted octanol–water partition coefficient (Wildman–Crippen LogP) is 3.35. The van der Waals surface area contributed by atoms with E-state index < -0.39 is 15.6 Å². The van der Waals surface area contributed by atoms with Gasteiger partial charge in [0.05, 0.1) is 15.9 Å². The van der Waals surface area contributed by atoms with Crippen LogP contribution < -0.4 is 10.9 Å². The van der Waals surface area contributed by atoms with E-state index in [1.807, 2.05) is 0 Å². The molecule has 3 aromatic rings. The quantitative estimate of drug-likeness (QED) is 0.632. The maximum absolute atomic E-state index is 13.4. The number of hydrogen-bond donors (Lipinski definition) is 2. The molecule has 1 aliphatic carbocycles. The van der Waals surface area contributed by atoms with Crippen LogP contribution in [0.2, 0.25) is 0 Å². The third-order valence-corrected chi connectivity index (χ3v) is 7.59. The van der Waals surface area contributed by atoms with Crippen molar-refractivity contribution in [2.75, 3.05) is 5.32 Å². The van der Waals surface area contributed by atoms with Crippen LogP contribution in [0.4, 0.5) is 5.69 Å². The highest BCUT2D eigenvalue weighted by Gasteiger charge is 2.30. The Morgan fingerprint density at radius 2 is 2.10 bits per heavy atom. The van der Waals surface area contributed by atoms with Crippen molar-refractivity contribution in [1.82, 2.24) is 4.68 Å². The molecule has 1 saturated carbocycles. The number of aromatic hydroxyl groups is 1. The average molecular weight is 443 g/mol. The van der Waals surface area contributed by atoms with Gasteiger partial charge in [-0.25, -0.2) is 0 Å². The zero-order chi connectivity index (χ0) is 21.0. The van der Waals surface area contributed by atoms with Gasteiger partial charge in [-0.3, -0.25) is 4.79 Å². The number of thiophene rings is 1. The number of aromatic nitrogens is 1. The molecule has 8 nitrogen and oxygen atoms in total. The molecule has 2 N–H and O–H groups in total. The van der Waals surface area contributed by atoms with Crippen molar-refractivity contribution < 1.29 is 13.5 Å². The van der Waals surface area contributed by atoms with Crippen LogP contribution in [0.5, 0.6) is 5.75 Å². The van der Waals surface area contributed by atoms with Crippen LogP contribution in [-0.2, 0) is 10.0 Å². The number of benzene rings is 1. The molecule has 0 bridgehead atoms. The lowest BCUT2D eigenvalue weighted by atomic mass is 10.1. The first-order valence-corrected chi connectivity index (χ1v) is 11.8. The van der Waals surface area contributed by atoms with E-state index in [2.05, 4.69) is 21.7 Å². The Morgan fingerprint density at radius 1 is 1.30 bits per heavy atom. The number of fused-ring (bicyclic) bond motifs is 2. The molecule has 1 fully saturated rings. The van der Waals surface area contributed by atoms with E-state index in [0.29, 0.717) is 21.8 Å². The van der Waals surface area contributed by atoms with Gasteiger partial charge in [-0.15, -0.1) is 15.7 Å². The third kappa shape index (κ3) is 2.94. The van der Waals surface area contributed by atoms with E-state index in [4.69, 9.17) is 0 Å². The molecule has 3 heterocycles. The van der Waals surface area contributed by atoms with Crippen LogP contribution in [0.3, 0.4) is 0 Å². The first-order valence-electron chi connectivity index (χ1n) is 9.48. The average Bonchev–Trinajstić information content (AvgIpc) is 3.34. The molecule has 2 aromatic heterocycles. The first-order chi connectivity index (χ1) is 14.3. The summed E-state index contributed by atoms with van der Waals surface area (Å²) in [4.78, 5) is 13.4. The summed E-state index contributed by atoms with van der Waals surface area (Å²) in [5.41, 5.74) is 0.864. The van der Waals surface area contributed by atoms with Crippen LogP contribution in [0.15, 0.2) is 54.9 Å². The van der Waals surface area contributed by atoms with Gasteiger partial charge < -0.3 is 10.4 Å². The molecular weight excluding hydrogens is 424 g/mol. The Hall–Kier alpha value is -2.98. The van der Waals surface area contributed by atoms with Crippen molar-refractivity contribution in [3.05, 3.63) is 51.6 Å². The fraction of sp³-hybridized carbons (Fsp3) is 0.250. The van der Waals surface area contributed by atoms with Gasteiger partial charge in [0.1, 0.15) is 10.5 Å². The van der Waals surface area contributed by atoms with Gasteiger partial charge in [-0.05, 0) is 48.8 Å². The number of anilines is 1. The number of hydrogen-bond acceptors (Lipinski definition) is 7. The highest BCUT2D eigenvalue weighted by molar-refractivity contribution is 7.90. The van der Waals surface area contributed by atoms with Crippen LogP contribution >= 0.6 is 11.3 Å². The highest BCUT2D eigenvalue weighted by atomic mass is 32.2. The van der Waals surface area contributed by atoms with E-state index in [1.54, 1.807) is 29.6 Å². The van der Waals surface area contributed by atoms with Crippen molar-refractivity contribution >= 4 is 48.8 Å². The van der Waals surface area contributed by atoms with E-state index in [-0.39, 0.29) is 22.0 Å². The topological polar surface area (TPSA) is 113 Å². The van der Waals surface area contributed by atoms with Crippen LogP contribution in [0.25, 0.3) is 10.2 Å². The summed E-state index contributed by atoms with van der Waals surface area (Å²) in [6, 6.07) is 8.01. The molecule has 1 aliphatic heterocycles. The van der Waals surface area contributed by atoms with Crippen LogP contribution in [-0.4, -0.2) is 29.7 Å². The maximum Gasteiger partial charge on any atom is 0.286 e. The summed E-state index contributed by atoms with van der Waals surface area (Å²) >= 11 is 1.25. The van der Waals surface area contributed by atoms with E-state index in [1.165, 1.54) is 22.1 Å². The minimum absolute atomic E-state index is 0.0194. The molecule has 0 spiro atoms. The summed E-state index contributed by atoms with van der Waals surface area (Å²) in [7, 11) is -4.02. The van der Waals surface area contributed by atoms with E-state index in [0.717, 1.165) is 25.0 Å². The van der Waals surface area contributed by atoms with Gasteiger partial charge in [-0.1, -0.05) is 19.1 Å². The Morgan fingerprint density at radius 3 is 2.87 bits per heavy atom. The summed E-state index contributed by atoms with van der Waals surface area (Å²) in [6.07, 6.45) is 2.61. The molecular formula is C20H18N4O4S2. The van der Waals surface area contributed by atoms with Gasteiger partial charge in [0.15, 0.2) is 11.6 Å². The summed E-state index contributed by atoms with van der Waals surface area (Å²) in [5, 5.41) is 20.1. The van der Waals surface area contributed by atoms with Crippen molar-refractivity contribution in [1.29, 1.82) is 0 Å². The molecule has 1 atom stereocenters. The van der Waals surface area contributed by atoms with Gasteiger partial charge in [0, 0.05) is 5.71 Å². The molecule has 2 aliphatic rings. The second kappa shape index (κ2) is 6.78. The van der Waals surface area contributed by atoms with Crippen LogP contribution in [0.1, 0.15) is 31.7 Å². The molecule has 0 radical (unpaired) electrons. The lowest BCUT2D eigenvalue weighted by Crippen LogP contribution is -2.31. The van der Waals surface area contributed by atoms with Gasteiger partial charge >= 0.3 is 0 Å². The molecule has 30 heavy (non-hydrogen) atoms. The highest BCUT2D eigenvalue weighted by Crippen LogP contribution is 2.34. The minimum Gasteiger partial charge on any atom is -0.505 e. The number of pyridine rings is 1. The smallest absolute Gasteiger partial charge is 0.286 e. The Kier molecular flexibility index (Phi) is 4.30. The molecule has 10 heteroatoms. The zero-order valence-electron chi connectivity index (χ0n) is 16.0.